The van der Waals surface area contributed by atoms with Crippen LogP contribution in [0.15, 0.2) is 0 Å². The topological polar surface area (TPSA) is 18.5 Å². The maximum absolute atomic E-state index is 6.88. The summed E-state index contributed by atoms with van der Waals surface area (Å²) >= 11 is 0. The molecule has 0 heterocycles. The van der Waals surface area contributed by atoms with Crippen molar-refractivity contribution in [1.29, 1.82) is 0 Å². The molecule has 3 heteroatoms. The Balaban J connectivity index is 2.13. The van der Waals surface area contributed by atoms with Gasteiger partial charge in [0, 0.05) is 13.2 Å². The molecule has 0 N–H and O–H groups in total. The van der Waals surface area contributed by atoms with Crippen LogP contribution in [0.5, 0.6) is 0 Å². The first-order valence-corrected chi connectivity index (χ1v) is 11.3. The van der Waals surface area contributed by atoms with Gasteiger partial charge in [0.1, 0.15) is 0 Å². The second-order valence-electron chi connectivity index (χ2n) is 7.21. The Hall–Kier alpha value is 0.137. The molecule has 1 unspecified atom stereocenters. The molecule has 0 bridgehead atoms. The molecule has 2 aliphatic rings. The van der Waals surface area contributed by atoms with Gasteiger partial charge in [0.25, 0.3) is 0 Å². The fourth-order valence-electron chi connectivity index (χ4n) is 4.92. The molecular formula is C17H34O2Si. The van der Waals surface area contributed by atoms with Gasteiger partial charge in [0.15, 0.2) is 8.32 Å². The average Bonchev–Trinajstić information content (AvgIpc) is 2.82. The Bertz CT molecular complexity index is 308. The van der Waals surface area contributed by atoms with E-state index in [1.54, 1.807) is 0 Å². The zero-order valence-corrected chi connectivity index (χ0v) is 15.2. The normalized spacial score (nSPS) is 38.0. The Labute approximate surface area is 126 Å². The van der Waals surface area contributed by atoms with E-state index in [0.29, 0.717) is 17.6 Å². The lowest BCUT2D eigenvalue weighted by Gasteiger charge is -2.47. The van der Waals surface area contributed by atoms with Crippen molar-refractivity contribution in [2.24, 2.45) is 11.3 Å². The van der Waals surface area contributed by atoms with Gasteiger partial charge in [0.05, 0.1) is 6.10 Å². The molecule has 2 rings (SSSR count). The third-order valence-electron chi connectivity index (χ3n) is 6.59. The summed E-state index contributed by atoms with van der Waals surface area (Å²) in [6.07, 6.45) is 7.44. The molecule has 2 aliphatic carbocycles. The van der Waals surface area contributed by atoms with Gasteiger partial charge >= 0.3 is 0 Å². The highest BCUT2D eigenvalue weighted by Crippen LogP contribution is 2.54. The summed E-state index contributed by atoms with van der Waals surface area (Å²) in [5.74, 6) is 0.734. The molecule has 118 valence electrons. The number of hydrogen-bond donors (Lipinski definition) is 0. The molecule has 2 nitrogen and oxygen atoms in total. The summed E-state index contributed by atoms with van der Waals surface area (Å²) in [6.45, 7) is 9.48. The first kappa shape index (κ1) is 16.5. The number of fused-ring (bicyclic) bond motifs is 1. The number of rotatable bonds is 6. The van der Waals surface area contributed by atoms with Crippen molar-refractivity contribution in [3.05, 3.63) is 0 Å². The molecule has 20 heavy (non-hydrogen) atoms. The average molecular weight is 299 g/mol. The minimum absolute atomic E-state index is 0.368. The van der Waals surface area contributed by atoms with Gasteiger partial charge in [-0.3, -0.25) is 0 Å². The lowest BCUT2D eigenvalue weighted by atomic mass is 9.67. The van der Waals surface area contributed by atoms with Crippen LogP contribution in [0.3, 0.4) is 0 Å². The highest BCUT2D eigenvalue weighted by Gasteiger charge is 2.53. The summed E-state index contributed by atoms with van der Waals surface area (Å²) in [6, 6.07) is 3.81. The molecule has 4 atom stereocenters. The summed E-state index contributed by atoms with van der Waals surface area (Å²) in [5.41, 5.74) is 0.368. The predicted molar refractivity (Wildman–Crippen MR) is 87.5 cm³/mol. The van der Waals surface area contributed by atoms with Crippen molar-refractivity contribution in [1.82, 2.24) is 0 Å². The third kappa shape index (κ3) is 2.73. The summed E-state index contributed by atoms with van der Waals surface area (Å²) in [5, 5.41) is 0. The summed E-state index contributed by atoms with van der Waals surface area (Å²) < 4.78 is 12.7. The molecule has 0 aromatic rings. The van der Waals surface area contributed by atoms with Crippen LogP contribution in [0.4, 0.5) is 0 Å². The van der Waals surface area contributed by atoms with Crippen LogP contribution >= 0.6 is 0 Å². The van der Waals surface area contributed by atoms with Gasteiger partial charge in [-0.05, 0) is 55.1 Å². The Morgan fingerprint density at radius 3 is 2.25 bits per heavy atom. The second kappa shape index (κ2) is 6.49. The van der Waals surface area contributed by atoms with Crippen molar-refractivity contribution >= 4 is 8.32 Å². The summed E-state index contributed by atoms with van der Waals surface area (Å²) in [4.78, 5) is 0. The largest absolute Gasteiger partial charge is 0.414 e. The third-order valence-corrected chi connectivity index (χ3v) is 11.3. The van der Waals surface area contributed by atoms with Gasteiger partial charge in [-0.25, -0.2) is 0 Å². The lowest BCUT2D eigenvalue weighted by molar-refractivity contribution is -0.0585. The van der Waals surface area contributed by atoms with Crippen LogP contribution in [0, 0.1) is 11.3 Å². The van der Waals surface area contributed by atoms with Gasteiger partial charge in [-0.2, -0.15) is 0 Å². The molecule has 0 aromatic carbocycles. The number of hydrogen-bond acceptors (Lipinski definition) is 2. The standard InChI is InChI=1S/C17H34O2Si/c1-6-20(7-2,8-3)19-15-10-9-13-17(4)14(15)11-12-16(17)18-5/h14-16H,6-13H2,1-5H3/t14-,15-,16-,17?/m0/s1. The minimum atomic E-state index is -1.47. The van der Waals surface area contributed by atoms with E-state index in [-0.39, 0.29) is 0 Å². The van der Waals surface area contributed by atoms with Crippen molar-refractivity contribution < 1.29 is 9.16 Å². The molecule has 0 aromatic heterocycles. The van der Waals surface area contributed by atoms with E-state index in [1.807, 2.05) is 7.11 Å². The molecule has 0 spiro atoms. The van der Waals surface area contributed by atoms with Crippen LogP contribution < -0.4 is 0 Å². The van der Waals surface area contributed by atoms with Crippen molar-refractivity contribution in [2.45, 2.75) is 90.1 Å². The minimum Gasteiger partial charge on any atom is -0.414 e. The SMILES string of the molecule is CC[Si](CC)(CC)O[C@H]1CCCC2(C)[C@@H](OC)CC[C@@H]12. The van der Waals surface area contributed by atoms with Gasteiger partial charge in [-0.1, -0.05) is 34.1 Å². The molecule has 2 fully saturated rings. The first-order valence-electron chi connectivity index (χ1n) is 8.75. The smallest absolute Gasteiger partial charge is 0.192 e. The first-order chi connectivity index (χ1) is 9.55. The van der Waals surface area contributed by atoms with Crippen LogP contribution in [-0.4, -0.2) is 27.6 Å². The van der Waals surface area contributed by atoms with Crippen LogP contribution in [0.1, 0.15) is 59.8 Å². The van der Waals surface area contributed by atoms with Crippen molar-refractivity contribution in [2.75, 3.05) is 7.11 Å². The van der Waals surface area contributed by atoms with E-state index in [2.05, 4.69) is 27.7 Å². The van der Waals surface area contributed by atoms with E-state index in [9.17, 15) is 0 Å². The molecule has 0 amide bonds. The highest BCUT2D eigenvalue weighted by molar-refractivity contribution is 6.73. The molecule has 0 aliphatic heterocycles. The Morgan fingerprint density at radius 1 is 1.05 bits per heavy atom. The fraction of sp³-hybridized carbons (Fsp3) is 1.00. The van der Waals surface area contributed by atoms with Crippen LogP contribution in [0.2, 0.25) is 18.1 Å². The zero-order valence-electron chi connectivity index (χ0n) is 14.2. The van der Waals surface area contributed by atoms with Crippen LogP contribution in [0.25, 0.3) is 0 Å². The Kier molecular flexibility index (Phi) is 5.36. The molecule has 0 radical (unpaired) electrons. The van der Waals surface area contributed by atoms with E-state index in [0.717, 1.165) is 5.92 Å². The van der Waals surface area contributed by atoms with E-state index < -0.39 is 8.32 Å². The maximum Gasteiger partial charge on any atom is 0.192 e. The molecule has 2 saturated carbocycles. The lowest BCUT2D eigenvalue weighted by Crippen LogP contribution is -2.49. The quantitative estimate of drug-likeness (QED) is 0.643. The number of methoxy groups -OCH3 is 1. The van der Waals surface area contributed by atoms with E-state index >= 15 is 0 Å². The van der Waals surface area contributed by atoms with Gasteiger partial charge in [0.2, 0.25) is 0 Å². The second-order valence-corrected chi connectivity index (χ2v) is 11.9. The highest BCUT2D eigenvalue weighted by atomic mass is 28.4. The number of ether oxygens (including phenoxy) is 1. The summed E-state index contributed by atoms with van der Waals surface area (Å²) in [7, 11) is 0.424. The van der Waals surface area contributed by atoms with Gasteiger partial charge in [-0.15, -0.1) is 0 Å². The fourth-order valence-corrected chi connectivity index (χ4v) is 7.85. The predicted octanol–water partition coefficient (Wildman–Crippen LogP) is 4.99. The van der Waals surface area contributed by atoms with Crippen molar-refractivity contribution in [3.63, 3.8) is 0 Å². The zero-order chi connectivity index (χ0) is 14.8. The van der Waals surface area contributed by atoms with Gasteiger partial charge < -0.3 is 9.16 Å². The van der Waals surface area contributed by atoms with E-state index in [4.69, 9.17) is 9.16 Å². The molecule has 0 saturated heterocycles. The van der Waals surface area contributed by atoms with E-state index in [1.165, 1.54) is 50.2 Å². The Morgan fingerprint density at radius 2 is 1.70 bits per heavy atom. The maximum atomic E-state index is 6.88. The molecular weight excluding hydrogens is 264 g/mol. The van der Waals surface area contributed by atoms with Crippen LogP contribution in [-0.2, 0) is 9.16 Å². The van der Waals surface area contributed by atoms with Crippen molar-refractivity contribution in [3.8, 4) is 0 Å². The monoisotopic (exact) mass is 298 g/mol.